The van der Waals surface area contributed by atoms with Crippen LogP contribution in [0.2, 0.25) is 0 Å². The molecule has 3 aromatic carbocycles. The lowest BCUT2D eigenvalue weighted by Gasteiger charge is -2.32. The highest BCUT2D eigenvalue weighted by molar-refractivity contribution is 6.24. The Morgan fingerprint density at radius 2 is 1.59 bits per heavy atom. The molecule has 3 aliphatic rings. The summed E-state index contributed by atoms with van der Waals surface area (Å²) < 4.78 is 1.65. The number of imide groups is 1. The van der Waals surface area contributed by atoms with Crippen LogP contribution >= 0.6 is 0 Å². The summed E-state index contributed by atoms with van der Waals surface area (Å²) in [6, 6.07) is 20.5. The van der Waals surface area contributed by atoms with Gasteiger partial charge in [0, 0.05) is 11.6 Å². The fourth-order valence-electron chi connectivity index (χ4n) is 7.31. The molecule has 0 radical (unpaired) electrons. The zero-order chi connectivity index (χ0) is 27.2. The van der Waals surface area contributed by atoms with Gasteiger partial charge >= 0.3 is 0 Å². The molecular weight excluding hydrogens is 488 g/mol. The fraction of sp³-hybridized carbons (Fsp3) is 0.312. The summed E-state index contributed by atoms with van der Waals surface area (Å²) in [6.07, 6.45) is 0.711. The number of carbonyl (C=O) groups excluding carboxylic acids is 2. The first-order chi connectivity index (χ1) is 18.8. The molecule has 39 heavy (non-hydrogen) atoms. The Kier molecular flexibility index (Phi) is 5.04. The van der Waals surface area contributed by atoms with Crippen molar-refractivity contribution in [2.45, 2.75) is 45.7 Å². The van der Waals surface area contributed by atoms with Gasteiger partial charge in [0.2, 0.25) is 11.8 Å². The van der Waals surface area contributed by atoms with Gasteiger partial charge in [-0.25, -0.2) is 9.88 Å². The van der Waals surface area contributed by atoms with Gasteiger partial charge in [0.25, 0.3) is 5.56 Å². The maximum absolute atomic E-state index is 14.6. The van der Waals surface area contributed by atoms with Gasteiger partial charge in [0.05, 0.1) is 34.1 Å². The molecule has 1 spiro atoms. The van der Waals surface area contributed by atoms with Crippen molar-refractivity contribution in [3.8, 4) is 5.69 Å². The SMILES string of the molecule is Cc1cccc(C)c1N1C(=O)[C@H]2[C@H](CC(C)C)N[C@]3(c4ccccc4-n4c3nc3ccccc3c4=O)[C@H]2C1=O. The van der Waals surface area contributed by atoms with Crippen molar-refractivity contribution in [3.63, 3.8) is 0 Å². The van der Waals surface area contributed by atoms with Gasteiger partial charge in [-0.1, -0.05) is 62.4 Å². The molecule has 2 fully saturated rings. The van der Waals surface area contributed by atoms with Gasteiger partial charge in [-0.3, -0.25) is 24.3 Å². The molecule has 7 nitrogen and oxygen atoms in total. The molecule has 0 unspecified atom stereocenters. The number of nitrogens with zero attached hydrogens (tertiary/aromatic N) is 3. The van der Waals surface area contributed by atoms with Crippen LogP contribution in [0, 0.1) is 31.6 Å². The topological polar surface area (TPSA) is 84.3 Å². The van der Waals surface area contributed by atoms with Crippen molar-refractivity contribution in [3.05, 3.63) is 99.6 Å². The number of aryl methyl sites for hydroxylation is 2. The molecule has 196 valence electrons. The standard InChI is InChI=1S/C32H30N4O3/c1-17(2)16-23-25-26(30(39)36(29(25)38)27-18(3)10-9-11-19(27)4)32(34-23)21-13-6-8-15-24(21)35-28(37)20-12-5-7-14-22(20)33-31(32)35/h5-15,17,23,25-26,34H,16H2,1-4H3/t23-,25-,26+,32+/m0/s1. The molecule has 0 aliphatic carbocycles. The van der Waals surface area contributed by atoms with E-state index in [2.05, 4.69) is 19.2 Å². The van der Waals surface area contributed by atoms with Crippen molar-refractivity contribution in [1.82, 2.24) is 14.9 Å². The van der Waals surface area contributed by atoms with Crippen molar-refractivity contribution in [2.75, 3.05) is 4.90 Å². The second kappa shape index (κ2) is 8.20. The van der Waals surface area contributed by atoms with E-state index in [1.807, 2.05) is 74.5 Å². The minimum Gasteiger partial charge on any atom is -0.297 e. The highest BCUT2D eigenvalue weighted by Gasteiger charge is 2.69. The van der Waals surface area contributed by atoms with E-state index in [1.165, 1.54) is 4.90 Å². The highest BCUT2D eigenvalue weighted by Crippen LogP contribution is 2.56. The van der Waals surface area contributed by atoms with E-state index >= 15 is 0 Å². The highest BCUT2D eigenvalue weighted by atomic mass is 16.2. The number of rotatable bonds is 3. The van der Waals surface area contributed by atoms with Crippen molar-refractivity contribution < 1.29 is 9.59 Å². The zero-order valence-corrected chi connectivity index (χ0v) is 22.4. The minimum atomic E-state index is -1.11. The number of hydrogen-bond acceptors (Lipinski definition) is 5. The molecular formula is C32H30N4O3. The van der Waals surface area contributed by atoms with E-state index in [0.29, 0.717) is 40.4 Å². The lowest BCUT2D eigenvalue weighted by Crippen LogP contribution is -2.50. The number of fused-ring (bicyclic) bond motifs is 8. The fourth-order valence-corrected chi connectivity index (χ4v) is 7.31. The van der Waals surface area contributed by atoms with E-state index in [-0.39, 0.29) is 23.4 Å². The van der Waals surface area contributed by atoms with E-state index in [0.717, 1.165) is 16.7 Å². The number of amides is 2. The van der Waals surface area contributed by atoms with E-state index in [9.17, 15) is 14.4 Å². The van der Waals surface area contributed by atoms with Crippen molar-refractivity contribution >= 4 is 28.4 Å². The largest absolute Gasteiger partial charge is 0.297 e. The number of anilines is 1. The van der Waals surface area contributed by atoms with Gasteiger partial charge in [-0.05, 0) is 55.5 Å². The zero-order valence-electron chi connectivity index (χ0n) is 22.4. The molecule has 1 aromatic heterocycles. The number of nitrogens with one attached hydrogen (secondary N) is 1. The van der Waals surface area contributed by atoms with E-state index in [1.54, 1.807) is 10.6 Å². The molecule has 2 amide bonds. The van der Waals surface area contributed by atoms with Gasteiger partial charge < -0.3 is 0 Å². The monoisotopic (exact) mass is 518 g/mol. The van der Waals surface area contributed by atoms with Crippen LogP contribution in [0.5, 0.6) is 0 Å². The van der Waals surface area contributed by atoms with Crippen LogP contribution in [0.25, 0.3) is 16.6 Å². The van der Waals surface area contributed by atoms with Crippen LogP contribution in [0.1, 0.15) is 42.8 Å². The summed E-state index contributed by atoms with van der Waals surface area (Å²) in [7, 11) is 0. The van der Waals surface area contributed by atoms with Crippen LogP contribution in [0.4, 0.5) is 5.69 Å². The Morgan fingerprint density at radius 3 is 2.33 bits per heavy atom. The van der Waals surface area contributed by atoms with Crippen LogP contribution in [-0.2, 0) is 15.1 Å². The molecule has 4 aromatic rings. The Labute approximate surface area is 226 Å². The maximum atomic E-state index is 14.6. The van der Waals surface area contributed by atoms with Crippen LogP contribution < -0.4 is 15.8 Å². The van der Waals surface area contributed by atoms with Gasteiger partial charge in [0.15, 0.2) is 0 Å². The summed E-state index contributed by atoms with van der Waals surface area (Å²) in [5.41, 5.74) is 3.24. The Hall–Kier alpha value is -4.10. The first-order valence-corrected chi connectivity index (χ1v) is 13.6. The lowest BCUT2D eigenvalue weighted by atomic mass is 9.75. The van der Waals surface area contributed by atoms with Gasteiger partial charge in [0.1, 0.15) is 11.4 Å². The van der Waals surface area contributed by atoms with Crippen LogP contribution in [0.15, 0.2) is 71.5 Å². The van der Waals surface area contributed by atoms with Crippen LogP contribution in [-0.4, -0.2) is 27.4 Å². The maximum Gasteiger partial charge on any atom is 0.266 e. The Morgan fingerprint density at radius 1 is 0.897 bits per heavy atom. The first-order valence-electron chi connectivity index (χ1n) is 13.6. The molecule has 3 aliphatic heterocycles. The number of aromatic nitrogens is 2. The third-order valence-corrected chi connectivity index (χ3v) is 8.75. The van der Waals surface area contributed by atoms with Crippen molar-refractivity contribution in [1.29, 1.82) is 0 Å². The minimum absolute atomic E-state index is 0.172. The third-order valence-electron chi connectivity index (χ3n) is 8.75. The lowest BCUT2D eigenvalue weighted by molar-refractivity contribution is -0.123. The molecule has 1 N–H and O–H groups in total. The number of benzene rings is 3. The Bertz CT molecular complexity index is 1750. The van der Waals surface area contributed by atoms with E-state index in [4.69, 9.17) is 4.98 Å². The summed E-state index contributed by atoms with van der Waals surface area (Å²) in [5, 5.41) is 4.30. The quantitative estimate of drug-likeness (QED) is 0.407. The Balaban J connectivity index is 1.54. The molecule has 4 atom stereocenters. The number of para-hydroxylation sites is 3. The summed E-state index contributed by atoms with van der Waals surface area (Å²) in [5.74, 6) is -0.974. The first kappa shape index (κ1) is 24.0. The van der Waals surface area contributed by atoms with Gasteiger partial charge in [-0.15, -0.1) is 0 Å². The number of carbonyl (C=O) groups is 2. The molecule has 4 heterocycles. The smallest absolute Gasteiger partial charge is 0.266 e. The van der Waals surface area contributed by atoms with Crippen LogP contribution in [0.3, 0.4) is 0 Å². The van der Waals surface area contributed by atoms with E-state index < -0.39 is 17.4 Å². The average Bonchev–Trinajstić information content (AvgIpc) is 3.48. The number of hydrogen-bond donors (Lipinski definition) is 1. The third kappa shape index (κ3) is 3.02. The summed E-state index contributed by atoms with van der Waals surface area (Å²) in [6.45, 7) is 8.12. The predicted octanol–water partition coefficient (Wildman–Crippen LogP) is 4.38. The van der Waals surface area contributed by atoms with Gasteiger partial charge in [-0.2, -0.15) is 0 Å². The predicted molar refractivity (Wildman–Crippen MR) is 150 cm³/mol. The van der Waals surface area contributed by atoms with Crippen molar-refractivity contribution in [2.24, 2.45) is 17.8 Å². The molecule has 7 heteroatoms. The normalized spacial score (nSPS) is 25.2. The molecule has 7 rings (SSSR count). The average molecular weight is 519 g/mol. The molecule has 0 bridgehead atoms. The second-order valence-corrected chi connectivity index (χ2v) is 11.6. The molecule has 2 saturated heterocycles. The second-order valence-electron chi connectivity index (χ2n) is 11.6. The summed E-state index contributed by atoms with van der Waals surface area (Å²) >= 11 is 0. The summed E-state index contributed by atoms with van der Waals surface area (Å²) in [4.78, 5) is 49.3. The molecule has 0 saturated carbocycles.